The van der Waals surface area contributed by atoms with Crippen LogP contribution in [0.1, 0.15) is 32.6 Å². The number of unbranched alkanes of at least 4 members (excludes halogenated alkanes) is 1. The molecule has 0 atom stereocenters. The zero-order valence-corrected chi connectivity index (χ0v) is 10.4. The third-order valence-electron chi connectivity index (χ3n) is 3.23. The van der Waals surface area contributed by atoms with E-state index in [0.29, 0.717) is 6.54 Å². The molecule has 1 aliphatic heterocycles. The number of likely N-dealkylation sites (tertiary alicyclic amines) is 1. The molecule has 0 radical (unpaired) electrons. The number of carbonyl (C=O) groups is 1. The van der Waals surface area contributed by atoms with Gasteiger partial charge in [-0.05, 0) is 32.4 Å². The third-order valence-corrected chi connectivity index (χ3v) is 3.23. The second-order valence-electron chi connectivity index (χ2n) is 4.55. The summed E-state index contributed by atoms with van der Waals surface area (Å²) in [5, 5.41) is 3.02. The summed E-state index contributed by atoms with van der Waals surface area (Å²) in [5.74, 6) is 0.478. The van der Waals surface area contributed by atoms with Crippen LogP contribution in [0.2, 0.25) is 0 Å². The van der Waals surface area contributed by atoms with E-state index < -0.39 is 0 Å². The highest BCUT2D eigenvalue weighted by atomic mass is 16.1. The first-order valence-electron chi connectivity index (χ1n) is 6.48. The van der Waals surface area contributed by atoms with Crippen molar-refractivity contribution in [1.29, 1.82) is 0 Å². The SMILES string of the molecule is CCCCNC(=O)C1CCN(CCN)CC1. The molecule has 0 aromatic rings. The van der Waals surface area contributed by atoms with Crippen molar-refractivity contribution < 1.29 is 4.79 Å². The Balaban J connectivity index is 2.17. The summed E-state index contributed by atoms with van der Waals surface area (Å²) in [6.45, 7) is 6.68. The molecule has 1 fully saturated rings. The van der Waals surface area contributed by atoms with Crippen LogP contribution < -0.4 is 11.1 Å². The smallest absolute Gasteiger partial charge is 0.223 e. The molecule has 0 unspecified atom stereocenters. The van der Waals surface area contributed by atoms with E-state index in [1.54, 1.807) is 0 Å². The fourth-order valence-electron chi connectivity index (χ4n) is 2.13. The first-order valence-corrected chi connectivity index (χ1v) is 6.48. The maximum atomic E-state index is 11.8. The summed E-state index contributed by atoms with van der Waals surface area (Å²) in [6, 6.07) is 0. The Morgan fingerprint density at radius 2 is 2.12 bits per heavy atom. The molecule has 1 heterocycles. The molecular formula is C12H25N3O. The minimum Gasteiger partial charge on any atom is -0.356 e. The first-order chi connectivity index (χ1) is 7.77. The lowest BCUT2D eigenvalue weighted by atomic mass is 9.96. The number of hydrogen-bond donors (Lipinski definition) is 2. The van der Waals surface area contributed by atoms with E-state index in [0.717, 1.165) is 51.9 Å². The maximum Gasteiger partial charge on any atom is 0.223 e. The molecule has 0 spiro atoms. The summed E-state index contributed by atoms with van der Waals surface area (Å²) in [5.41, 5.74) is 5.51. The van der Waals surface area contributed by atoms with Gasteiger partial charge in [0.2, 0.25) is 5.91 Å². The molecule has 0 saturated carbocycles. The van der Waals surface area contributed by atoms with Gasteiger partial charge in [-0.1, -0.05) is 13.3 Å². The Morgan fingerprint density at radius 1 is 1.44 bits per heavy atom. The van der Waals surface area contributed by atoms with E-state index in [-0.39, 0.29) is 11.8 Å². The Kier molecular flexibility index (Phi) is 6.42. The molecule has 16 heavy (non-hydrogen) atoms. The Hall–Kier alpha value is -0.610. The van der Waals surface area contributed by atoms with Gasteiger partial charge in [0.15, 0.2) is 0 Å². The number of carbonyl (C=O) groups excluding carboxylic acids is 1. The lowest BCUT2D eigenvalue weighted by Gasteiger charge is -2.30. The number of hydrogen-bond acceptors (Lipinski definition) is 3. The normalized spacial score (nSPS) is 18.6. The number of piperidine rings is 1. The largest absolute Gasteiger partial charge is 0.356 e. The van der Waals surface area contributed by atoms with E-state index >= 15 is 0 Å². The van der Waals surface area contributed by atoms with Crippen molar-refractivity contribution in [2.24, 2.45) is 11.7 Å². The van der Waals surface area contributed by atoms with Crippen molar-refractivity contribution in [3.8, 4) is 0 Å². The van der Waals surface area contributed by atoms with E-state index in [4.69, 9.17) is 5.73 Å². The van der Waals surface area contributed by atoms with Gasteiger partial charge in [-0.3, -0.25) is 4.79 Å². The van der Waals surface area contributed by atoms with E-state index in [1.165, 1.54) is 0 Å². The zero-order chi connectivity index (χ0) is 11.8. The predicted octanol–water partition coefficient (Wildman–Crippen LogP) is 0.573. The average molecular weight is 227 g/mol. The van der Waals surface area contributed by atoms with E-state index in [9.17, 15) is 4.79 Å². The molecule has 1 aliphatic rings. The molecule has 1 saturated heterocycles. The Bertz CT molecular complexity index is 200. The van der Waals surface area contributed by atoms with Gasteiger partial charge < -0.3 is 16.0 Å². The average Bonchev–Trinajstić information content (AvgIpc) is 2.30. The van der Waals surface area contributed by atoms with Gasteiger partial charge in [0, 0.05) is 25.6 Å². The third kappa shape index (κ3) is 4.49. The summed E-state index contributed by atoms with van der Waals surface area (Å²) < 4.78 is 0. The quantitative estimate of drug-likeness (QED) is 0.652. The second-order valence-corrected chi connectivity index (χ2v) is 4.55. The minimum absolute atomic E-state index is 0.228. The first kappa shape index (κ1) is 13.5. The molecule has 3 N–H and O–H groups in total. The van der Waals surface area contributed by atoms with Crippen LogP contribution >= 0.6 is 0 Å². The van der Waals surface area contributed by atoms with Crippen molar-refractivity contribution in [1.82, 2.24) is 10.2 Å². The van der Waals surface area contributed by atoms with Gasteiger partial charge in [-0.15, -0.1) is 0 Å². The second kappa shape index (κ2) is 7.63. The lowest BCUT2D eigenvalue weighted by molar-refractivity contribution is -0.126. The molecule has 0 bridgehead atoms. The summed E-state index contributed by atoms with van der Waals surface area (Å²) in [6.07, 6.45) is 4.18. The Labute approximate surface area is 98.6 Å². The van der Waals surface area contributed by atoms with Crippen molar-refractivity contribution >= 4 is 5.91 Å². The van der Waals surface area contributed by atoms with Gasteiger partial charge in [0.25, 0.3) is 0 Å². The van der Waals surface area contributed by atoms with E-state index in [1.807, 2.05) is 0 Å². The van der Waals surface area contributed by atoms with Crippen molar-refractivity contribution in [2.45, 2.75) is 32.6 Å². The standard InChI is InChI=1S/C12H25N3O/c1-2-3-7-14-12(16)11-4-8-15(9-5-11)10-6-13/h11H,2-10,13H2,1H3,(H,14,16). The number of nitrogens with one attached hydrogen (secondary N) is 1. The molecule has 4 nitrogen and oxygen atoms in total. The van der Waals surface area contributed by atoms with Crippen LogP contribution in [0.15, 0.2) is 0 Å². The van der Waals surface area contributed by atoms with Gasteiger partial charge in [-0.25, -0.2) is 0 Å². The van der Waals surface area contributed by atoms with Crippen molar-refractivity contribution in [2.75, 3.05) is 32.7 Å². The van der Waals surface area contributed by atoms with Gasteiger partial charge in [0.1, 0.15) is 0 Å². The number of nitrogens with two attached hydrogens (primary N) is 1. The highest BCUT2D eigenvalue weighted by molar-refractivity contribution is 5.78. The van der Waals surface area contributed by atoms with Crippen LogP contribution in [0.5, 0.6) is 0 Å². The van der Waals surface area contributed by atoms with Crippen LogP contribution in [-0.2, 0) is 4.79 Å². The fourth-order valence-corrected chi connectivity index (χ4v) is 2.13. The predicted molar refractivity (Wildman–Crippen MR) is 66.1 cm³/mol. The van der Waals surface area contributed by atoms with Crippen molar-refractivity contribution in [3.63, 3.8) is 0 Å². The van der Waals surface area contributed by atoms with E-state index in [2.05, 4.69) is 17.1 Å². The summed E-state index contributed by atoms with van der Waals surface area (Å²) in [4.78, 5) is 14.1. The number of nitrogens with zero attached hydrogens (tertiary/aromatic N) is 1. The molecule has 0 aliphatic carbocycles. The maximum absolute atomic E-state index is 11.8. The molecule has 94 valence electrons. The topological polar surface area (TPSA) is 58.4 Å². The summed E-state index contributed by atoms with van der Waals surface area (Å²) in [7, 11) is 0. The van der Waals surface area contributed by atoms with Crippen LogP contribution in [-0.4, -0.2) is 43.5 Å². The van der Waals surface area contributed by atoms with Crippen molar-refractivity contribution in [3.05, 3.63) is 0 Å². The lowest BCUT2D eigenvalue weighted by Crippen LogP contribution is -2.42. The minimum atomic E-state index is 0.228. The molecular weight excluding hydrogens is 202 g/mol. The molecule has 1 rings (SSSR count). The van der Waals surface area contributed by atoms with Crippen LogP contribution in [0.3, 0.4) is 0 Å². The Morgan fingerprint density at radius 3 is 2.69 bits per heavy atom. The van der Waals surface area contributed by atoms with Gasteiger partial charge in [0.05, 0.1) is 0 Å². The molecule has 1 amide bonds. The molecule has 4 heteroatoms. The number of rotatable bonds is 6. The van der Waals surface area contributed by atoms with Crippen LogP contribution in [0, 0.1) is 5.92 Å². The number of amides is 1. The monoisotopic (exact) mass is 227 g/mol. The van der Waals surface area contributed by atoms with Crippen LogP contribution in [0.4, 0.5) is 0 Å². The highest BCUT2D eigenvalue weighted by Gasteiger charge is 2.23. The molecule has 0 aromatic heterocycles. The zero-order valence-electron chi connectivity index (χ0n) is 10.4. The van der Waals surface area contributed by atoms with Gasteiger partial charge >= 0.3 is 0 Å². The highest BCUT2D eigenvalue weighted by Crippen LogP contribution is 2.16. The molecule has 0 aromatic carbocycles. The summed E-state index contributed by atoms with van der Waals surface area (Å²) >= 11 is 0. The fraction of sp³-hybridized carbons (Fsp3) is 0.917. The van der Waals surface area contributed by atoms with Gasteiger partial charge in [-0.2, -0.15) is 0 Å². The van der Waals surface area contributed by atoms with Crippen LogP contribution in [0.25, 0.3) is 0 Å².